The lowest BCUT2D eigenvalue weighted by Gasteiger charge is -2.18. The summed E-state index contributed by atoms with van der Waals surface area (Å²) in [5.41, 5.74) is 4.33. The van der Waals surface area contributed by atoms with Crippen molar-refractivity contribution in [3.63, 3.8) is 0 Å². The molecule has 1 saturated carbocycles. The number of benzene rings is 2. The van der Waals surface area contributed by atoms with Crippen molar-refractivity contribution in [2.45, 2.75) is 45.2 Å². The van der Waals surface area contributed by atoms with E-state index in [-0.39, 0.29) is 17.9 Å². The molecule has 0 unspecified atom stereocenters. The molecule has 0 atom stereocenters. The molecule has 1 heterocycles. The number of pyridine rings is 1. The van der Waals surface area contributed by atoms with E-state index in [9.17, 15) is 4.79 Å². The number of carbonyl (C=O) groups is 1. The molecule has 0 bridgehead atoms. The Bertz CT molecular complexity index is 1090. The summed E-state index contributed by atoms with van der Waals surface area (Å²) in [5, 5.41) is 7.51. The highest BCUT2D eigenvalue weighted by Gasteiger charge is 2.26. The third-order valence-corrected chi connectivity index (χ3v) is 5.63. The van der Waals surface area contributed by atoms with Crippen molar-refractivity contribution >= 4 is 22.5 Å². The number of hydrogen-bond donors (Lipinski definition) is 2. The van der Waals surface area contributed by atoms with Gasteiger partial charge in [-0.3, -0.25) is 9.78 Å². The summed E-state index contributed by atoms with van der Waals surface area (Å²) in [6.07, 6.45) is 3.73. The molecule has 3 aromatic rings. The molecule has 2 N–H and O–H groups in total. The summed E-state index contributed by atoms with van der Waals surface area (Å²) >= 11 is 0. The maximum Gasteiger partial charge on any atom is 0.255 e. The third kappa shape index (κ3) is 4.58. The number of nitrogens with one attached hydrogen (secondary N) is 2. The largest absolute Gasteiger partial charge is 0.497 e. The van der Waals surface area contributed by atoms with Gasteiger partial charge in [-0.25, -0.2) is 0 Å². The van der Waals surface area contributed by atoms with Gasteiger partial charge in [-0.2, -0.15) is 0 Å². The maximum atomic E-state index is 13.0. The zero-order valence-electron chi connectivity index (χ0n) is 18.5. The Labute approximate surface area is 183 Å². The minimum Gasteiger partial charge on any atom is -0.497 e. The molecule has 1 fully saturated rings. The molecule has 1 aromatic heterocycles. The number of amides is 1. The molecular formula is C25H29N3O3. The Morgan fingerprint density at radius 3 is 2.48 bits per heavy atom. The average Bonchev–Trinajstić information content (AvgIpc) is 3.60. The monoisotopic (exact) mass is 419 g/mol. The van der Waals surface area contributed by atoms with Crippen molar-refractivity contribution in [2.75, 3.05) is 19.5 Å². The van der Waals surface area contributed by atoms with Crippen LogP contribution in [0.5, 0.6) is 11.5 Å². The highest BCUT2D eigenvalue weighted by Crippen LogP contribution is 2.35. The van der Waals surface area contributed by atoms with Crippen molar-refractivity contribution in [3.8, 4) is 11.5 Å². The number of fused-ring (bicyclic) bond motifs is 1. The van der Waals surface area contributed by atoms with Gasteiger partial charge in [0.1, 0.15) is 11.5 Å². The van der Waals surface area contributed by atoms with Gasteiger partial charge < -0.3 is 20.1 Å². The normalized spacial score (nSPS) is 13.3. The van der Waals surface area contributed by atoms with Crippen LogP contribution in [0.25, 0.3) is 10.9 Å². The maximum absolute atomic E-state index is 13.0. The number of aromatic nitrogens is 1. The SMILES string of the molecule is COc1ccc(CNc2c(C(=O)NC3CC3)cnc3cc(OC)c(C(C)C)cc23)cc1. The highest BCUT2D eigenvalue weighted by atomic mass is 16.5. The molecular weight excluding hydrogens is 390 g/mol. The van der Waals surface area contributed by atoms with Crippen LogP contribution in [0.2, 0.25) is 0 Å². The van der Waals surface area contributed by atoms with E-state index in [1.165, 1.54) is 0 Å². The van der Waals surface area contributed by atoms with Crippen molar-refractivity contribution in [3.05, 3.63) is 59.3 Å². The Balaban J connectivity index is 1.76. The van der Waals surface area contributed by atoms with Crippen molar-refractivity contribution in [2.24, 2.45) is 0 Å². The van der Waals surface area contributed by atoms with E-state index >= 15 is 0 Å². The fourth-order valence-electron chi connectivity index (χ4n) is 3.65. The van der Waals surface area contributed by atoms with E-state index in [0.29, 0.717) is 12.1 Å². The molecule has 6 heteroatoms. The van der Waals surface area contributed by atoms with E-state index in [1.807, 2.05) is 30.3 Å². The lowest BCUT2D eigenvalue weighted by molar-refractivity contribution is 0.0951. The van der Waals surface area contributed by atoms with Crippen LogP contribution in [0, 0.1) is 0 Å². The summed E-state index contributed by atoms with van der Waals surface area (Å²) in [5.74, 6) is 1.82. The van der Waals surface area contributed by atoms with Gasteiger partial charge in [-0.1, -0.05) is 26.0 Å². The molecule has 2 aromatic carbocycles. The van der Waals surface area contributed by atoms with Crippen LogP contribution < -0.4 is 20.1 Å². The number of rotatable bonds is 8. The summed E-state index contributed by atoms with van der Waals surface area (Å²) in [7, 11) is 3.33. The molecule has 162 valence electrons. The number of anilines is 1. The van der Waals surface area contributed by atoms with Crippen LogP contribution in [-0.2, 0) is 6.54 Å². The van der Waals surface area contributed by atoms with Crippen molar-refractivity contribution in [1.82, 2.24) is 10.3 Å². The molecule has 0 saturated heterocycles. The lowest BCUT2D eigenvalue weighted by atomic mass is 9.97. The number of ether oxygens (including phenoxy) is 2. The van der Waals surface area contributed by atoms with Gasteiger partial charge in [-0.05, 0) is 48.1 Å². The minimum absolute atomic E-state index is 0.0870. The first-order chi connectivity index (χ1) is 15.0. The minimum atomic E-state index is -0.0870. The van der Waals surface area contributed by atoms with Crippen LogP contribution in [0.4, 0.5) is 5.69 Å². The predicted octanol–water partition coefficient (Wildman–Crippen LogP) is 4.88. The van der Waals surface area contributed by atoms with Gasteiger partial charge in [0.05, 0.1) is 31.0 Å². The molecule has 4 rings (SSSR count). The van der Waals surface area contributed by atoms with Crippen molar-refractivity contribution in [1.29, 1.82) is 0 Å². The van der Waals surface area contributed by atoms with Gasteiger partial charge in [0.15, 0.2) is 0 Å². The van der Waals surface area contributed by atoms with Gasteiger partial charge in [0.2, 0.25) is 0 Å². The first-order valence-electron chi connectivity index (χ1n) is 10.7. The molecule has 0 radical (unpaired) electrons. The second kappa shape index (κ2) is 8.84. The zero-order valence-corrected chi connectivity index (χ0v) is 18.5. The standard InChI is InChI=1S/C25H29N3O3/c1-15(2)19-11-20-22(12-23(19)31-4)26-14-21(25(29)28-17-7-8-17)24(20)27-13-16-5-9-18(30-3)10-6-16/h5-6,9-12,14-15,17H,7-8,13H2,1-4H3,(H,26,27)(H,28,29). The Kier molecular flexibility index (Phi) is 5.98. The van der Waals surface area contributed by atoms with Gasteiger partial charge in [0.25, 0.3) is 5.91 Å². The summed E-state index contributed by atoms with van der Waals surface area (Å²) in [6, 6.07) is 12.2. The molecule has 1 aliphatic carbocycles. The van der Waals surface area contributed by atoms with E-state index in [2.05, 4.69) is 35.5 Å². The average molecular weight is 420 g/mol. The summed E-state index contributed by atoms with van der Waals surface area (Å²) in [6.45, 7) is 4.84. The molecule has 0 spiro atoms. The fourth-order valence-corrected chi connectivity index (χ4v) is 3.65. The Morgan fingerprint density at radius 1 is 1.13 bits per heavy atom. The molecule has 6 nitrogen and oxygen atoms in total. The first-order valence-corrected chi connectivity index (χ1v) is 10.7. The molecule has 1 aliphatic rings. The topological polar surface area (TPSA) is 72.5 Å². The Morgan fingerprint density at radius 2 is 1.87 bits per heavy atom. The number of hydrogen-bond acceptors (Lipinski definition) is 5. The van der Waals surface area contributed by atoms with Crippen LogP contribution in [0.15, 0.2) is 42.6 Å². The van der Waals surface area contributed by atoms with Gasteiger partial charge >= 0.3 is 0 Å². The Hall–Kier alpha value is -3.28. The van der Waals surface area contributed by atoms with Crippen LogP contribution in [0.3, 0.4) is 0 Å². The van der Waals surface area contributed by atoms with Crippen LogP contribution in [-0.4, -0.2) is 31.2 Å². The first kappa shape index (κ1) is 21.0. The number of methoxy groups -OCH3 is 2. The predicted molar refractivity (Wildman–Crippen MR) is 123 cm³/mol. The second-order valence-electron chi connectivity index (χ2n) is 8.26. The quantitative estimate of drug-likeness (QED) is 0.544. The number of nitrogens with zero attached hydrogens (tertiary/aromatic N) is 1. The molecule has 0 aliphatic heterocycles. The summed E-state index contributed by atoms with van der Waals surface area (Å²) < 4.78 is 10.8. The lowest BCUT2D eigenvalue weighted by Crippen LogP contribution is -2.26. The van der Waals surface area contributed by atoms with Crippen LogP contribution >= 0.6 is 0 Å². The summed E-state index contributed by atoms with van der Waals surface area (Å²) in [4.78, 5) is 17.5. The molecule has 31 heavy (non-hydrogen) atoms. The van der Waals surface area contributed by atoms with Gasteiger partial charge in [0, 0.05) is 30.2 Å². The second-order valence-corrected chi connectivity index (χ2v) is 8.26. The van der Waals surface area contributed by atoms with E-state index < -0.39 is 0 Å². The van der Waals surface area contributed by atoms with Crippen molar-refractivity contribution < 1.29 is 14.3 Å². The fraction of sp³-hybridized carbons (Fsp3) is 0.360. The molecule has 1 amide bonds. The van der Waals surface area contributed by atoms with E-state index in [1.54, 1.807) is 20.4 Å². The smallest absolute Gasteiger partial charge is 0.255 e. The third-order valence-electron chi connectivity index (χ3n) is 5.63. The van der Waals surface area contributed by atoms with Gasteiger partial charge in [-0.15, -0.1) is 0 Å². The zero-order chi connectivity index (χ0) is 22.0. The number of carbonyl (C=O) groups excluding carboxylic acids is 1. The highest BCUT2D eigenvalue weighted by molar-refractivity contribution is 6.07. The van der Waals surface area contributed by atoms with E-state index in [0.717, 1.165) is 52.1 Å². The van der Waals surface area contributed by atoms with E-state index in [4.69, 9.17) is 9.47 Å². The van der Waals surface area contributed by atoms with Crippen LogP contribution in [0.1, 0.15) is 54.1 Å².